The number of amides is 1. The van der Waals surface area contributed by atoms with Gasteiger partial charge < -0.3 is 13.9 Å². The minimum Gasteiger partial charge on any atom is -0.472 e. The van der Waals surface area contributed by atoms with Gasteiger partial charge >= 0.3 is 0 Å². The molecule has 3 aromatic heterocycles. The topological polar surface area (TPSA) is 69.1 Å². The maximum atomic E-state index is 12.4. The van der Waals surface area contributed by atoms with E-state index in [0.29, 0.717) is 25.2 Å². The summed E-state index contributed by atoms with van der Waals surface area (Å²) < 4.78 is 8.84. The molecule has 7 heteroatoms. The zero-order chi connectivity index (χ0) is 15.1. The van der Waals surface area contributed by atoms with Crippen LogP contribution in [0.5, 0.6) is 0 Å². The lowest BCUT2D eigenvalue weighted by Gasteiger charge is -2.15. The predicted octanol–water partition coefficient (Wildman–Crippen LogP) is 1.41. The molecule has 1 aliphatic rings. The number of hydrogen-bond acceptors (Lipinski definition) is 4. The third-order valence-corrected chi connectivity index (χ3v) is 3.99. The normalized spacial score (nSPS) is 13.6. The zero-order valence-corrected chi connectivity index (χ0v) is 12.1. The lowest BCUT2D eigenvalue weighted by molar-refractivity contribution is 0.0747. The molecule has 112 valence electrons. The van der Waals surface area contributed by atoms with E-state index < -0.39 is 0 Å². The second-order valence-corrected chi connectivity index (χ2v) is 5.40. The lowest BCUT2D eigenvalue weighted by atomic mass is 10.2. The molecule has 3 aromatic rings. The molecule has 0 atom stereocenters. The van der Waals surface area contributed by atoms with Crippen LogP contribution in [0.1, 0.15) is 27.3 Å². The van der Waals surface area contributed by atoms with Gasteiger partial charge in [0, 0.05) is 25.0 Å². The molecule has 0 saturated heterocycles. The molecule has 1 amide bonds. The van der Waals surface area contributed by atoms with Crippen LogP contribution in [0.3, 0.4) is 0 Å². The molecule has 0 aliphatic carbocycles. The summed E-state index contributed by atoms with van der Waals surface area (Å²) in [6.07, 6.45) is 8.42. The Bertz CT molecular complexity index is 801. The Hall–Kier alpha value is -2.83. The highest BCUT2D eigenvalue weighted by Crippen LogP contribution is 2.27. The Morgan fingerprint density at radius 3 is 3.05 bits per heavy atom. The number of hydrogen-bond donors (Lipinski definition) is 0. The Morgan fingerprint density at radius 2 is 2.32 bits per heavy atom. The largest absolute Gasteiger partial charge is 0.472 e. The maximum absolute atomic E-state index is 12.4. The van der Waals surface area contributed by atoms with Crippen molar-refractivity contribution in [2.24, 2.45) is 7.05 Å². The van der Waals surface area contributed by atoms with Crippen LogP contribution in [0.2, 0.25) is 0 Å². The average molecular weight is 297 g/mol. The highest BCUT2D eigenvalue weighted by molar-refractivity contribution is 5.94. The SMILES string of the molecule is Cn1nc(Cn2ccnc2)c2c1CN(C(=O)c1ccoc1)C2. The van der Waals surface area contributed by atoms with Crippen molar-refractivity contribution in [3.05, 3.63) is 59.8 Å². The van der Waals surface area contributed by atoms with Gasteiger partial charge in [0.05, 0.1) is 49.2 Å². The zero-order valence-electron chi connectivity index (χ0n) is 12.1. The fraction of sp³-hybridized carbons (Fsp3) is 0.267. The third-order valence-electron chi connectivity index (χ3n) is 3.99. The van der Waals surface area contributed by atoms with E-state index in [0.717, 1.165) is 17.0 Å². The van der Waals surface area contributed by atoms with Gasteiger partial charge in [-0.25, -0.2) is 4.98 Å². The van der Waals surface area contributed by atoms with Crippen LogP contribution >= 0.6 is 0 Å². The molecule has 22 heavy (non-hydrogen) atoms. The van der Waals surface area contributed by atoms with Crippen LogP contribution in [-0.4, -0.2) is 30.1 Å². The first-order chi connectivity index (χ1) is 10.7. The van der Waals surface area contributed by atoms with Crippen molar-refractivity contribution in [3.8, 4) is 0 Å². The van der Waals surface area contributed by atoms with E-state index in [1.165, 1.54) is 12.5 Å². The van der Waals surface area contributed by atoms with E-state index in [4.69, 9.17) is 4.42 Å². The van der Waals surface area contributed by atoms with E-state index in [1.807, 2.05) is 27.4 Å². The molecule has 1 aliphatic heterocycles. The molecule has 0 radical (unpaired) electrons. The summed E-state index contributed by atoms with van der Waals surface area (Å²) in [4.78, 5) is 18.3. The number of rotatable bonds is 3. The van der Waals surface area contributed by atoms with Crippen molar-refractivity contribution < 1.29 is 9.21 Å². The number of carbonyl (C=O) groups is 1. The Morgan fingerprint density at radius 1 is 1.41 bits per heavy atom. The molecule has 0 saturated carbocycles. The van der Waals surface area contributed by atoms with Gasteiger partial charge in [-0.2, -0.15) is 5.10 Å². The Kier molecular flexibility index (Phi) is 2.85. The summed E-state index contributed by atoms with van der Waals surface area (Å²) in [6, 6.07) is 1.69. The smallest absolute Gasteiger partial charge is 0.257 e. The van der Waals surface area contributed by atoms with Crippen LogP contribution in [0.25, 0.3) is 0 Å². The minimum atomic E-state index is -0.0152. The molecule has 0 spiro atoms. The van der Waals surface area contributed by atoms with Crippen LogP contribution in [0, 0.1) is 0 Å². The summed E-state index contributed by atoms with van der Waals surface area (Å²) in [6.45, 7) is 1.82. The molecule has 0 fully saturated rings. The predicted molar refractivity (Wildman–Crippen MR) is 76.8 cm³/mol. The number of nitrogens with zero attached hydrogens (tertiary/aromatic N) is 5. The number of imidazole rings is 1. The first kappa shape index (κ1) is 12.9. The second-order valence-electron chi connectivity index (χ2n) is 5.40. The van der Waals surface area contributed by atoms with Gasteiger partial charge in [-0.15, -0.1) is 0 Å². The summed E-state index contributed by atoms with van der Waals surface area (Å²) >= 11 is 0. The van der Waals surface area contributed by atoms with Crippen molar-refractivity contribution in [1.82, 2.24) is 24.2 Å². The molecule has 0 bridgehead atoms. The highest BCUT2D eigenvalue weighted by atomic mass is 16.3. The fourth-order valence-electron chi connectivity index (χ4n) is 2.86. The standard InChI is InChI=1S/C15H15N5O2/c1-18-14-8-20(15(21)11-2-5-22-9-11)6-12(14)13(17-18)7-19-4-3-16-10-19/h2-5,9-10H,6-8H2,1H3. The third kappa shape index (κ3) is 2.02. The van der Waals surface area contributed by atoms with Crippen molar-refractivity contribution in [1.29, 1.82) is 0 Å². The number of aryl methyl sites for hydroxylation is 1. The van der Waals surface area contributed by atoms with Crippen molar-refractivity contribution in [2.75, 3.05) is 0 Å². The van der Waals surface area contributed by atoms with Crippen LogP contribution in [-0.2, 0) is 26.7 Å². The molecule has 4 rings (SSSR count). The van der Waals surface area contributed by atoms with E-state index >= 15 is 0 Å². The molecule has 0 aromatic carbocycles. The monoisotopic (exact) mass is 297 g/mol. The van der Waals surface area contributed by atoms with Gasteiger partial charge in [0.25, 0.3) is 5.91 Å². The average Bonchev–Trinajstić information content (AvgIpc) is 3.25. The number of fused-ring (bicyclic) bond motifs is 1. The molecule has 7 nitrogen and oxygen atoms in total. The molecule has 0 N–H and O–H groups in total. The molecule has 0 unspecified atom stereocenters. The number of aromatic nitrogens is 4. The van der Waals surface area contributed by atoms with Gasteiger partial charge in [-0.1, -0.05) is 0 Å². The van der Waals surface area contributed by atoms with Crippen molar-refractivity contribution in [3.63, 3.8) is 0 Å². The second kappa shape index (κ2) is 4.87. The Balaban J connectivity index is 1.60. The lowest BCUT2D eigenvalue weighted by Crippen LogP contribution is -2.26. The van der Waals surface area contributed by atoms with E-state index in [2.05, 4.69) is 10.1 Å². The first-order valence-electron chi connectivity index (χ1n) is 7.03. The van der Waals surface area contributed by atoms with Gasteiger partial charge in [0.15, 0.2) is 0 Å². The van der Waals surface area contributed by atoms with Gasteiger partial charge in [0.1, 0.15) is 6.26 Å². The van der Waals surface area contributed by atoms with Crippen molar-refractivity contribution >= 4 is 5.91 Å². The first-order valence-corrected chi connectivity index (χ1v) is 7.03. The molecule has 4 heterocycles. The minimum absolute atomic E-state index is 0.0152. The highest BCUT2D eigenvalue weighted by Gasteiger charge is 2.30. The van der Waals surface area contributed by atoms with Crippen LogP contribution < -0.4 is 0 Å². The van der Waals surface area contributed by atoms with Gasteiger partial charge in [-0.3, -0.25) is 9.48 Å². The number of carbonyl (C=O) groups excluding carboxylic acids is 1. The molecular weight excluding hydrogens is 282 g/mol. The van der Waals surface area contributed by atoms with Gasteiger partial charge in [0.2, 0.25) is 0 Å². The quantitative estimate of drug-likeness (QED) is 0.733. The summed E-state index contributed by atoms with van der Waals surface area (Å²) in [5.74, 6) is -0.0152. The summed E-state index contributed by atoms with van der Waals surface area (Å²) in [7, 11) is 1.92. The number of furan rings is 1. The van der Waals surface area contributed by atoms with E-state index in [1.54, 1.807) is 18.6 Å². The van der Waals surface area contributed by atoms with Crippen molar-refractivity contribution in [2.45, 2.75) is 19.6 Å². The summed E-state index contributed by atoms with van der Waals surface area (Å²) in [5, 5.41) is 4.58. The molecular formula is C15H15N5O2. The van der Waals surface area contributed by atoms with E-state index in [-0.39, 0.29) is 5.91 Å². The van der Waals surface area contributed by atoms with Crippen LogP contribution in [0.4, 0.5) is 0 Å². The van der Waals surface area contributed by atoms with Crippen LogP contribution in [0.15, 0.2) is 41.7 Å². The fourth-order valence-corrected chi connectivity index (χ4v) is 2.86. The van der Waals surface area contributed by atoms with Gasteiger partial charge in [-0.05, 0) is 6.07 Å². The van der Waals surface area contributed by atoms with E-state index in [9.17, 15) is 4.79 Å². The maximum Gasteiger partial charge on any atom is 0.257 e. The Labute approximate surface area is 126 Å². The summed E-state index contributed by atoms with van der Waals surface area (Å²) in [5.41, 5.74) is 3.79.